The minimum atomic E-state index is 0.626. The number of benzene rings is 2. The lowest BCUT2D eigenvalue weighted by Gasteiger charge is -2.14. The van der Waals surface area contributed by atoms with Crippen molar-refractivity contribution in [2.45, 2.75) is 27.3 Å². The van der Waals surface area contributed by atoms with Crippen molar-refractivity contribution >= 4 is 5.69 Å². The van der Waals surface area contributed by atoms with Gasteiger partial charge in [-0.3, -0.25) is 0 Å². The van der Waals surface area contributed by atoms with Crippen LogP contribution in [0.5, 0.6) is 11.5 Å². The largest absolute Gasteiger partial charge is 0.490 e. The van der Waals surface area contributed by atoms with Crippen LogP contribution in [0.1, 0.15) is 25.0 Å². The van der Waals surface area contributed by atoms with Gasteiger partial charge in [0.05, 0.1) is 13.2 Å². The second-order valence-electron chi connectivity index (χ2n) is 4.81. The van der Waals surface area contributed by atoms with Crippen LogP contribution in [0, 0.1) is 6.92 Å². The molecule has 0 amide bonds. The summed E-state index contributed by atoms with van der Waals surface area (Å²) >= 11 is 0. The highest BCUT2D eigenvalue weighted by Crippen LogP contribution is 2.30. The first-order valence-corrected chi connectivity index (χ1v) is 7.42. The molecule has 0 aliphatic heterocycles. The van der Waals surface area contributed by atoms with Crippen LogP contribution in [0.15, 0.2) is 42.5 Å². The molecule has 0 spiro atoms. The molecule has 0 saturated heterocycles. The van der Waals surface area contributed by atoms with E-state index in [-0.39, 0.29) is 0 Å². The summed E-state index contributed by atoms with van der Waals surface area (Å²) in [4.78, 5) is 0. The van der Waals surface area contributed by atoms with Crippen molar-refractivity contribution < 1.29 is 9.47 Å². The zero-order valence-corrected chi connectivity index (χ0v) is 13.0. The third-order valence-corrected chi connectivity index (χ3v) is 3.29. The molecule has 0 aliphatic carbocycles. The summed E-state index contributed by atoms with van der Waals surface area (Å²) in [5.41, 5.74) is 3.62. The summed E-state index contributed by atoms with van der Waals surface area (Å²) in [6.45, 7) is 8.13. The Morgan fingerprint density at radius 3 is 2.33 bits per heavy atom. The SMILES string of the molecule is CCOc1ccc(NCc2ccccc2C)cc1OCC. The maximum atomic E-state index is 5.64. The molecule has 0 radical (unpaired) electrons. The molecule has 2 aromatic carbocycles. The van der Waals surface area contributed by atoms with Crippen LogP contribution in [-0.4, -0.2) is 13.2 Å². The molecular formula is C18H23NO2. The maximum Gasteiger partial charge on any atom is 0.163 e. The van der Waals surface area contributed by atoms with Crippen molar-refractivity contribution in [3.05, 3.63) is 53.6 Å². The summed E-state index contributed by atoms with van der Waals surface area (Å²) in [6, 6.07) is 14.4. The van der Waals surface area contributed by atoms with Crippen molar-refractivity contribution in [1.29, 1.82) is 0 Å². The van der Waals surface area contributed by atoms with Crippen LogP contribution in [0.25, 0.3) is 0 Å². The number of hydrogen-bond donors (Lipinski definition) is 1. The zero-order chi connectivity index (χ0) is 15.1. The van der Waals surface area contributed by atoms with Crippen molar-refractivity contribution in [3.8, 4) is 11.5 Å². The molecular weight excluding hydrogens is 262 g/mol. The molecule has 21 heavy (non-hydrogen) atoms. The van der Waals surface area contributed by atoms with Gasteiger partial charge in [-0.05, 0) is 44.0 Å². The van der Waals surface area contributed by atoms with E-state index in [0.717, 1.165) is 23.7 Å². The van der Waals surface area contributed by atoms with Gasteiger partial charge in [0.25, 0.3) is 0 Å². The fourth-order valence-corrected chi connectivity index (χ4v) is 2.17. The average Bonchev–Trinajstić information content (AvgIpc) is 2.49. The van der Waals surface area contributed by atoms with E-state index >= 15 is 0 Å². The molecule has 0 bridgehead atoms. The number of aryl methyl sites for hydroxylation is 1. The monoisotopic (exact) mass is 285 g/mol. The van der Waals surface area contributed by atoms with Crippen LogP contribution >= 0.6 is 0 Å². The van der Waals surface area contributed by atoms with Gasteiger partial charge in [0.1, 0.15) is 0 Å². The highest BCUT2D eigenvalue weighted by atomic mass is 16.5. The first-order chi connectivity index (χ1) is 10.2. The van der Waals surface area contributed by atoms with Gasteiger partial charge in [0, 0.05) is 18.3 Å². The van der Waals surface area contributed by atoms with Crippen molar-refractivity contribution in [2.75, 3.05) is 18.5 Å². The van der Waals surface area contributed by atoms with Gasteiger partial charge < -0.3 is 14.8 Å². The molecule has 0 atom stereocenters. The maximum absolute atomic E-state index is 5.64. The molecule has 0 fully saturated rings. The van der Waals surface area contributed by atoms with E-state index in [4.69, 9.17) is 9.47 Å². The lowest BCUT2D eigenvalue weighted by Crippen LogP contribution is -2.03. The van der Waals surface area contributed by atoms with E-state index in [1.807, 2.05) is 32.0 Å². The van der Waals surface area contributed by atoms with Gasteiger partial charge in [0.15, 0.2) is 11.5 Å². The topological polar surface area (TPSA) is 30.5 Å². The molecule has 0 saturated carbocycles. The van der Waals surface area contributed by atoms with Gasteiger partial charge in [-0.2, -0.15) is 0 Å². The fourth-order valence-electron chi connectivity index (χ4n) is 2.17. The molecule has 0 aromatic heterocycles. The number of ether oxygens (including phenoxy) is 2. The number of hydrogen-bond acceptors (Lipinski definition) is 3. The summed E-state index contributed by atoms with van der Waals surface area (Å²) in [7, 11) is 0. The van der Waals surface area contributed by atoms with Gasteiger partial charge in [0.2, 0.25) is 0 Å². The fraction of sp³-hybridized carbons (Fsp3) is 0.333. The molecule has 3 heteroatoms. The Morgan fingerprint density at radius 1 is 0.905 bits per heavy atom. The second-order valence-corrected chi connectivity index (χ2v) is 4.81. The highest BCUT2D eigenvalue weighted by molar-refractivity contribution is 5.55. The summed E-state index contributed by atoms with van der Waals surface area (Å²) in [6.07, 6.45) is 0. The Hall–Kier alpha value is -2.16. The molecule has 2 rings (SSSR count). The van der Waals surface area contributed by atoms with Crippen LogP contribution in [0.3, 0.4) is 0 Å². The minimum absolute atomic E-state index is 0.626. The molecule has 0 heterocycles. The minimum Gasteiger partial charge on any atom is -0.490 e. The van der Waals surface area contributed by atoms with Crippen molar-refractivity contribution in [3.63, 3.8) is 0 Å². The third kappa shape index (κ3) is 4.15. The molecule has 112 valence electrons. The van der Waals surface area contributed by atoms with Gasteiger partial charge in [-0.1, -0.05) is 24.3 Å². The first-order valence-electron chi connectivity index (χ1n) is 7.42. The normalized spacial score (nSPS) is 10.2. The number of rotatable bonds is 7. The Balaban J connectivity index is 2.10. The highest BCUT2D eigenvalue weighted by Gasteiger charge is 2.06. The van der Waals surface area contributed by atoms with Crippen molar-refractivity contribution in [1.82, 2.24) is 0 Å². The standard InChI is InChI=1S/C18H23NO2/c1-4-20-17-11-10-16(12-18(17)21-5-2)19-13-15-9-7-6-8-14(15)3/h6-12,19H,4-5,13H2,1-3H3. The van der Waals surface area contributed by atoms with Gasteiger partial charge in [-0.25, -0.2) is 0 Å². The Labute approximate surface area is 126 Å². The van der Waals surface area contributed by atoms with E-state index in [9.17, 15) is 0 Å². The van der Waals surface area contributed by atoms with Gasteiger partial charge >= 0.3 is 0 Å². The lowest BCUT2D eigenvalue weighted by atomic mass is 10.1. The van der Waals surface area contributed by atoms with E-state index in [1.54, 1.807) is 0 Å². The molecule has 1 N–H and O–H groups in total. The molecule has 0 unspecified atom stereocenters. The number of nitrogens with one attached hydrogen (secondary N) is 1. The third-order valence-electron chi connectivity index (χ3n) is 3.29. The second kappa shape index (κ2) is 7.58. The molecule has 3 nitrogen and oxygen atoms in total. The molecule has 2 aromatic rings. The summed E-state index contributed by atoms with van der Waals surface area (Å²) < 4.78 is 11.2. The quantitative estimate of drug-likeness (QED) is 0.817. The Bertz CT molecular complexity index is 581. The van der Waals surface area contributed by atoms with E-state index in [0.29, 0.717) is 13.2 Å². The smallest absolute Gasteiger partial charge is 0.163 e. The van der Waals surface area contributed by atoms with E-state index in [1.165, 1.54) is 11.1 Å². The van der Waals surface area contributed by atoms with E-state index in [2.05, 4.69) is 36.5 Å². The Morgan fingerprint density at radius 2 is 1.62 bits per heavy atom. The van der Waals surface area contributed by atoms with Crippen LogP contribution in [-0.2, 0) is 6.54 Å². The van der Waals surface area contributed by atoms with Crippen molar-refractivity contribution in [2.24, 2.45) is 0 Å². The summed E-state index contributed by atoms with van der Waals surface area (Å²) in [5.74, 6) is 1.58. The lowest BCUT2D eigenvalue weighted by molar-refractivity contribution is 0.288. The van der Waals surface area contributed by atoms with Crippen LogP contribution < -0.4 is 14.8 Å². The first kappa shape index (κ1) is 15.2. The Kier molecular flexibility index (Phi) is 5.50. The zero-order valence-electron chi connectivity index (χ0n) is 13.0. The average molecular weight is 285 g/mol. The molecule has 0 aliphatic rings. The van der Waals surface area contributed by atoms with E-state index < -0.39 is 0 Å². The predicted octanol–water partition coefficient (Wildman–Crippen LogP) is 4.40. The number of anilines is 1. The van der Waals surface area contributed by atoms with Crippen LogP contribution in [0.4, 0.5) is 5.69 Å². The summed E-state index contributed by atoms with van der Waals surface area (Å²) in [5, 5.41) is 3.43. The van der Waals surface area contributed by atoms with Crippen LogP contribution in [0.2, 0.25) is 0 Å². The predicted molar refractivity (Wildman–Crippen MR) is 87.3 cm³/mol. The van der Waals surface area contributed by atoms with Gasteiger partial charge in [-0.15, -0.1) is 0 Å².